The van der Waals surface area contributed by atoms with Crippen molar-refractivity contribution in [2.24, 2.45) is 11.3 Å². The van der Waals surface area contributed by atoms with Gasteiger partial charge >= 0.3 is 0 Å². The van der Waals surface area contributed by atoms with Crippen LogP contribution in [0.5, 0.6) is 0 Å². The normalized spacial score (nSPS) is 18.0. The molecule has 0 heterocycles. The Hall–Kier alpha value is -0.0800. The van der Waals surface area contributed by atoms with Crippen molar-refractivity contribution in [1.82, 2.24) is 0 Å². The van der Waals surface area contributed by atoms with E-state index in [0.29, 0.717) is 6.42 Å². The molecule has 0 saturated carbocycles. The van der Waals surface area contributed by atoms with Crippen LogP contribution >= 0.6 is 0 Å². The minimum atomic E-state index is -0.331. The number of aliphatic hydroxyl groups excluding tert-OH is 2. The lowest BCUT2D eigenvalue weighted by atomic mass is 9.76. The summed E-state index contributed by atoms with van der Waals surface area (Å²) in [7, 11) is 0. The Kier molecular flexibility index (Phi) is 4.04. The molecule has 2 unspecified atom stereocenters. The smallest absolute Gasteiger partial charge is 0.0546 e. The zero-order valence-electron chi connectivity index (χ0n) is 7.96. The van der Waals surface area contributed by atoms with Crippen LogP contribution in [0.25, 0.3) is 0 Å². The van der Waals surface area contributed by atoms with Gasteiger partial charge in [0, 0.05) is 6.61 Å². The Morgan fingerprint density at radius 2 is 1.73 bits per heavy atom. The Bertz CT molecular complexity index is 103. The maximum atomic E-state index is 9.37. The summed E-state index contributed by atoms with van der Waals surface area (Å²) in [4.78, 5) is 0. The average Bonchev–Trinajstić information content (AvgIpc) is 1.79. The topological polar surface area (TPSA) is 40.5 Å². The molecule has 0 bridgehead atoms. The van der Waals surface area contributed by atoms with Crippen molar-refractivity contribution in [1.29, 1.82) is 0 Å². The molecule has 0 spiro atoms. The van der Waals surface area contributed by atoms with E-state index in [0.717, 1.165) is 0 Å². The Labute approximate surface area is 69.2 Å². The number of hydrogen-bond donors (Lipinski definition) is 2. The molecule has 0 rings (SSSR count). The molecule has 2 heteroatoms. The second-order valence-corrected chi connectivity index (χ2v) is 4.23. The van der Waals surface area contributed by atoms with E-state index < -0.39 is 0 Å². The van der Waals surface area contributed by atoms with Crippen LogP contribution in [-0.4, -0.2) is 22.9 Å². The molecule has 0 aromatic heterocycles. The van der Waals surface area contributed by atoms with Gasteiger partial charge in [-0.1, -0.05) is 20.8 Å². The van der Waals surface area contributed by atoms with Crippen molar-refractivity contribution < 1.29 is 10.2 Å². The highest BCUT2D eigenvalue weighted by Gasteiger charge is 2.27. The molecule has 0 aliphatic heterocycles. The Balaban J connectivity index is 4.10. The fourth-order valence-corrected chi connectivity index (χ4v) is 1.54. The van der Waals surface area contributed by atoms with E-state index in [1.54, 1.807) is 6.92 Å². The minimum absolute atomic E-state index is 0.0803. The van der Waals surface area contributed by atoms with E-state index in [-0.39, 0.29) is 24.0 Å². The van der Waals surface area contributed by atoms with Gasteiger partial charge in [-0.3, -0.25) is 0 Å². The predicted molar refractivity (Wildman–Crippen MR) is 46.3 cm³/mol. The van der Waals surface area contributed by atoms with Crippen LogP contribution in [0.15, 0.2) is 0 Å². The summed E-state index contributed by atoms with van der Waals surface area (Å²) in [5, 5.41) is 18.1. The number of rotatable bonds is 3. The monoisotopic (exact) mass is 160 g/mol. The van der Waals surface area contributed by atoms with Crippen molar-refractivity contribution in [2.75, 3.05) is 6.61 Å². The largest absolute Gasteiger partial charge is 0.396 e. The van der Waals surface area contributed by atoms with Crippen LogP contribution in [0.2, 0.25) is 0 Å². The van der Waals surface area contributed by atoms with Crippen LogP contribution in [0, 0.1) is 11.3 Å². The van der Waals surface area contributed by atoms with Gasteiger partial charge in [0.1, 0.15) is 0 Å². The molecule has 0 amide bonds. The minimum Gasteiger partial charge on any atom is -0.396 e. The molecule has 2 N–H and O–H groups in total. The Morgan fingerprint density at radius 3 is 1.82 bits per heavy atom. The van der Waals surface area contributed by atoms with Gasteiger partial charge in [0.05, 0.1) is 6.10 Å². The van der Waals surface area contributed by atoms with Crippen molar-refractivity contribution in [3.05, 3.63) is 0 Å². The van der Waals surface area contributed by atoms with Crippen LogP contribution in [0.3, 0.4) is 0 Å². The molecule has 2 atom stereocenters. The predicted octanol–water partition coefficient (Wildman–Crippen LogP) is 1.41. The molecule has 0 aromatic carbocycles. The molecule has 68 valence electrons. The number of hydrogen-bond acceptors (Lipinski definition) is 2. The van der Waals surface area contributed by atoms with E-state index in [9.17, 15) is 5.11 Å². The molecule has 0 fully saturated rings. The summed E-state index contributed by atoms with van der Waals surface area (Å²) in [5.41, 5.74) is 0.0803. The molecule has 2 nitrogen and oxygen atoms in total. The highest BCUT2D eigenvalue weighted by molar-refractivity contribution is 4.77. The van der Waals surface area contributed by atoms with Crippen LogP contribution < -0.4 is 0 Å². The molecule has 0 aliphatic rings. The molecule has 0 aromatic rings. The van der Waals surface area contributed by atoms with Gasteiger partial charge in [-0.05, 0) is 24.7 Å². The SMILES string of the molecule is CC(O)C(CCO)C(C)(C)C. The summed E-state index contributed by atoms with van der Waals surface area (Å²) < 4.78 is 0. The first-order valence-corrected chi connectivity index (χ1v) is 4.18. The lowest BCUT2D eigenvalue weighted by Gasteiger charge is -2.32. The van der Waals surface area contributed by atoms with Gasteiger partial charge in [-0.25, -0.2) is 0 Å². The molecule has 0 saturated heterocycles. The van der Waals surface area contributed by atoms with Gasteiger partial charge in [0.25, 0.3) is 0 Å². The second kappa shape index (κ2) is 4.07. The van der Waals surface area contributed by atoms with Crippen LogP contribution in [0.4, 0.5) is 0 Å². The summed E-state index contributed by atoms with van der Waals surface area (Å²) >= 11 is 0. The molecule has 11 heavy (non-hydrogen) atoms. The van der Waals surface area contributed by atoms with Crippen molar-refractivity contribution in [3.63, 3.8) is 0 Å². The first kappa shape index (κ1) is 10.9. The van der Waals surface area contributed by atoms with Gasteiger partial charge in [-0.15, -0.1) is 0 Å². The summed E-state index contributed by atoms with van der Waals surface area (Å²) in [6.07, 6.45) is 0.350. The van der Waals surface area contributed by atoms with Crippen LogP contribution in [-0.2, 0) is 0 Å². The molecule has 0 radical (unpaired) electrons. The zero-order valence-corrected chi connectivity index (χ0v) is 7.96. The maximum Gasteiger partial charge on any atom is 0.0546 e. The highest BCUT2D eigenvalue weighted by atomic mass is 16.3. The van der Waals surface area contributed by atoms with Gasteiger partial charge in [-0.2, -0.15) is 0 Å². The second-order valence-electron chi connectivity index (χ2n) is 4.23. The lowest BCUT2D eigenvalue weighted by molar-refractivity contribution is 0.0385. The summed E-state index contributed by atoms with van der Waals surface area (Å²) in [5.74, 6) is 0.187. The van der Waals surface area contributed by atoms with Crippen molar-refractivity contribution >= 4 is 0 Å². The molecule has 0 aliphatic carbocycles. The van der Waals surface area contributed by atoms with Crippen molar-refractivity contribution in [3.8, 4) is 0 Å². The van der Waals surface area contributed by atoms with Gasteiger partial charge in [0.15, 0.2) is 0 Å². The van der Waals surface area contributed by atoms with E-state index in [4.69, 9.17) is 5.11 Å². The van der Waals surface area contributed by atoms with Gasteiger partial charge in [0.2, 0.25) is 0 Å². The molecular formula is C9H20O2. The number of aliphatic hydroxyl groups is 2. The lowest BCUT2D eigenvalue weighted by Crippen LogP contribution is -2.30. The van der Waals surface area contributed by atoms with Gasteiger partial charge < -0.3 is 10.2 Å². The van der Waals surface area contributed by atoms with E-state index in [1.807, 2.05) is 0 Å². The van der Waals surface area contributed by atoms with Crippen molar-refractivity contribution in [2.45, 2.75) is 40.2 Å². The maximum absolute atomic E-state index is 9.37. The van der Waals surface area contributed by atoms with E-state index in [2.05, 4.69) is 20.8 Å². The third kappa shape index (κ3) is 3.73. The highest BCUT2D eigenvalue weighted by Crippen LogP contribution is 2.30. The molecular weight excluding hydrogens is 140 g/mol. The third-order valence-electron chi connectivity index (χ3n) is 2.13. The first-order valence-electron chi connectivity index (χ1n) is 4.18. The zero-order chi connectivity index (χ0) is 9.07. The first-order chi connectivity index (χ1) is 4.89. The standard InChI is InChI=1S/C9H20O2/c1-7(11)8(5-6-10)9(2,3)4/h7-8,10-11H,5-6H2,1-4H3. The Morgan fingerprint density at radius 1 is 1.27 bits per heavy atom. The third-order valence-corrected chi connectivity index (χ3v) is 2.13. The fourth-order valence-electron chi connectivity index (χ4n) is 1.54. The average molecular weight is 160 g/mol. The van der Waals surface area contributed by atoms with E-state index >= 15 is 0 Å². The van der Waals surface area contributed by atoms with Crippen LogP contribution in [0.1, 0.15) is 34.1 Å². The summed E-state index contributed by atoms with van der Waals surface area (Å²) in [6, 6.07) is 0. The van der Waals surface area contributed by atoms with E-state index in [1.165, 1.54) is 0 Å². The summed E-state index contributed by atoms with van der Waals surface area (Å²) in [6.45, 7) is 8.19. The fraction of sp³-hybridized carbons (Fsp3) is 1.00. The quantitative estimate of drug-likeness (QED) is 0.655.